The maximum atomic E-state index is 8.23. The van der Waals surface area contributed by atoms with Crippen LogP contribution in [0.4, 0.5) is 5.13 Å². The van der Waals surface area contributed by atoms with E-state index in [4.69, 9.17) is 22.7 Å². The normalized spacial score (nSPS) is 21.4. The van der Waals surface area contributed by atoms with Crippen molar-refractivity contribution in [3.63, 3.8) is 0 Å². The summed E-state index contributed by atoms with van der Waals surface area (Å²) in [5.74, 6) is 0.724. The molecule has 0 bridgehead atoms. The number of allylic oxidation sites excluding steroid dienone is 4. The van der Waals surface area contributed by atoms with Gasteiger partial charge in [-0.25, -0.2) is 4.98 Å². The lowest BCUT2D eigenvalue weighted by Crippen LogP contribution is -2.22. The number of hydrogen-bond donors (Lipinski definition) is 2. The van der Waals surface area contributed by atoms with Crippen LogP contribution in [-0.4, -0.2) is 16.1 Å². The van der Waals surface area contributed by atoms with Crippen molar-refractivity contribution in [1.82, 2.24) is 4.98 Å². The van der Waals surface area contributed by atoms with Crippen molar-refractivity contribution in [3.05, 3.63) is 34.4 Å². The van der Waals surface area contributed by atoms with Gasteiger partial charge in [-0.2, -0.15) is 0 Å². The Balaban J connectivity index is 2.07. The van der Waals surface area contributed by atoms with E-state index in [0.717, 1.165) is 11.3 Å². The van der Waals surface area contributed by atoms with Gasteiger partial charge in [0.25, 0.3) is 0 Å². The molecule has 0 radical (unpaired) electrons. The molecule has 0 saturated heterocycles. The monoisotopic (exact) mass is 323 g/mol. The highest BCUT2D eigenvalue weighted by molar-refractivity contribution is 7.17. The summed E-state index contributed by atoms with van der Waals surface area (Å²) in [5.41, 5.74) is 8.84. The van der Waals surface area contributed by atoms with E-state index in [1.54, 1.807) is 6.20 Å². The molecule has 21 heavy (non-hydrogen) atoms. The summed E-state index contributed by atoms with van der Waals surface area (Å²) >= 11 is 7.87. The Morgan fingerprint density at radius 2 is 2.29 bits per heavy atom. The summed E-state index contributed by atoms with van der Waals surface area (Å²) in [6.07, 6.45) is 7.60. The van der Waals surface area contributed by atoms with Crippen LogP contribution in [0, 0.1) is 17.2 Å². The average Bonchev–Trinajstić information content (AvgIpc) is 2.85. The fourth-order valence-electron chi connectivity index (χ4n) is 2.81. The van der Waals surface area contributed by atoms with E-state index < -0.39 is 0 Å². The molecule has 0 aromatic carbocycles. The number of rotatable bonds is 5. The van der Waals surface area contributed by atoms with Gasteiger partial charge < -0.3 is 11.1 Å². The molecule has 114 valence electrons. The highest BCUT2D eigenvalue weighted by atomic mass is 35.5. The Morgan fingerprint density at radius 3 is 2.86 bits per heavy atom. The maximum absolute atomic E-state index is 8.23. The molecular formula is C16H22ClN3S. The van der Waals surface area contributed by atoms with Crippen LogP contribution >= 0.6 is 22.9 Å². The predicted octanol–water partition coefficient (Wildman–Crippen LogP) is 4.64. The number of halogens is 1. The Morgan fingerprint density at radius 1 is 1.57 bits per heavy atom. The highest BCUT2D eigenvalue weighted by Gasteiger charge is 2.26. The van der Waals surface area contributed by atoms with E-state index in [-0.39, 0.29) is 5.38 Å². The van der Waals surface area contributed by atoms with Crippen LogP contribution in [0.3, 0.4) is 0 Å². The summed E-state index contributed by atoms with van der Waals surface area (Å²) in [4.78, 5) is 4.88. The third-order valence-electron chi connectivity index (χ3n) is 4.19. The van der Waals surface area contributed by atoms with Crippen LogP contribution in [0.1, 0.15) is 38.5 Å². The second kappa shape index (κ2) is 6.75. The molecule has 3 N–H and O–H groups in total. The maximum Gasteiger partial charge on any atom is 0.180 e. The van der Waals surface area contributed by atoms with E-state index in [1.807, 2.05) is 0 Å². The molecule has 0 spiro atoms. The van der Waals surface area contributed by atoms with Crippen molar-refractivity contribution >= 4 is 33.8 Å². The first-order valence-corrected chi connectivity index (χ1v) is 8.45. The van der Waals surface area contributed by atoms with Gasteiger partial charge in [0.1, 0.15) is 0 Å². The van der Waals surface area contributed by atoms with Gasteiger partial charge in [-0.05, 0) is 37.2 Å². The lowest BCUT2D eigenvalue weighted by atomic mass is 9.79. The summed E-state index contributed by atoms with van der Waals surface area (Å²) in [5, 5.41) is 8.84. The molecule has 5 heteroatoms. The third kappa shape index (κ3) is 3.74. The second-order valence-electron chi connectivity index (χ2n) is 5.76. The van der Waals surface area contributed by atoms with Crippen LogP contribution in [0.5, 0.6) is 0 Å². The Labute approximate surface area is 135 Å². The minimum atomic E-state index is 0.0840. The minimum Gasteiger partial charge on any atom is -0.375 e. The summed E-state index contributed by atoms with van der Waals surface area (Å²) in [6, 6.07) is 0. The van der Waals surface area contributed by atoms with Crippen LogP contribution in [0.2, 0.25) is 0 Å². The van der Waals surface area contributed by atoms with E-state index >= 15 is 0 Å². The van der Waals surface area contributed by atoms with E-state index in [1.165, 1.54) is 22.5 Å². The van der Waals surface area contributed by atoms with Gasteiger partial charge in [0.05, 0.1) is 16.0 Å². The summed E-state index contributed by atoms with van der Waals surface area (Å²) in [6.45, 7) is 6.52. The number of nitrogens with one attached hydrogen (secondary N) is 1. The molecule has 1 aromatic heterocycles. The Kier molecular flexibility index (Phi) is 5.22. The smallest absolute Gasteiger partial charge is 0.180 e. The lowest BCUT2D eigenvalue weighted by molar-refractivity contribution is 0.441. The van der Waals surface area contributed by atoms with Crippen LogP contribution in [-0.2, 0) is 0 Å². The SMILES string of the molecule is CC1=C(C(C)[C@H](C)CC(=N)c2cnc(N)s2)C(Cl)CC=C1. The zero-order chi connectivity index (χ0) is 15.6. The first-order valence-electron chi connectivity index (χ1n) is 7.20. The minimum absolute atomic E-state index is 0.0840. The molecule has 0 amide bonds. The second-order valence-corrected chi connectivity index (χ2v) is 7.34. The summed E-state index contributed by atoms with van der Waals surface area (Å²) in [7, 11) is 0. The number of nitrogens with zero attached hydrogens (tertiary/aromatic N) is 1. The number of alkyl halides is 1. The van der Waals surface area contributed by atoms with Gasteiger partial charge in [-0.3, -0.25) is 0 Å². The fraction of sp³-hybridized carbons (Fsp3) is 0.500. The molecular weight excluding hydrogens is 302 g/mol. The molecule has 1 heterocycles. The first kappa shape index (κ1) is 16.2. The molecule has 3 nitrogen and oxygen atoms in total. The van der Waals surface area contributed by atoms with Crippen LogP contribution in [0.25, 0.3) is 0 Å². The predicted molar refractivity (Wildman–Crippen MR) is 92.4 cm³/mol. The van der Waals surface area contributed by atoms with Gasteiger partial charge in [-0.15, -0.1) is 11.6 Å². The van der Waals surface area contributed by atoms with Gasteiger partial charge in [0.2, 0.25) is 0 Å². The van der Waals surface area contributed by atoms with E-state index in [0.29, 0.717) is 29.1 Å². The number of hydrogen-bond acceptors (Lipinski definition) is 4. The van der Waals surface area contributed by atoms with Gasteiger partial charge in [0.15, 0.2) is 5.13 Å². The van der Waals surface area contributed by atoms with Gasteiger partial charge in [0, 0.05) is 6.20 Å². The third-order valence-corrected chi connectivity index (χ3v) is 5.49. The Hall–Kier alpha value is -1.13. The molecule has 1 aliphatic carbocycles. The Bertz CT molecular complexity index is 588. The van der Waals surface area contributed by atoms with Crippen molar-refractivity contribution in [2.24, 2.45) is 11.8 Å². The van der Waals surface area contributed by atoms with Crippen molar-refractivity contribution in [1.29, 1.82) is 5.41 Å². The standard InChI is InChI=1S/C16H22ClN3S/c1-9-5-4-6-12(17)15(9)11(3)10(2)7-13(18)14-8-20-16(19)21-14/h4-5,8,10-12,18H,6-7H2,1-3H3,(H2,19,20)/t10-,11?,12?/m1/s1. The van der Waals surface area contributed by atoms with Crippen LogP contribution in [0.15, 0.2) is 29.5 Å². The number of thiazole rings is 1. The average molecular weight is 324 g/mol. The quantitative estimate of drug-likeness (QED) is 0.612. The lowest BCUT2D eigenvalue weighted by Gasteiger charge is -2.29. The zero-order valence-electron chi connectivity index (χ0n) is 12.7. The molecule has 0 aliphatic heterocycles. The molecule has 1 aromatic rings. The van der Waals surface area contributed by atoms with Crippen molar-refractivity contribution in [2.45, 2.75) is 39.0 Å². The van der Waals surface area contributed by atoms with E-state index in [2.05, 4.69) is 37.9 Å². The summed E-state index contributed by atoms with van der Waals surface area (Å²) < 4.78 is 0. The number of nitrogens with two attached hydrogens (primary N) is 1. The molecule has 1 aliphatic rings. The van der Waals surface area contributed by atoms with Gasteiger partial charge in [-0.1, -0.05) is 42.9 Å². The molecule has 0 fully saturated rings. The molecule has 2 rings (SSSR count). The van der Waals surface area contributed by atoms with Crippen molar-refractivity contribution in [3.8, 4) is 0 Å². The number of aromatic nitrogens is 1. The zero-order valence-corrected chi connectivity index (χ0v) is 14.3. The first-order chi connectivity index (χ1) is 9.90. The molecule has 0 saturated carbocycles. The number of nitrogen functional groups attached to an aromatic ring is 1. The largest absolute Gasteiger partial charge is 0.375 e. The topological polar surface area (TPSA) is 62.8 Å². The molecule has 3 atom stereocenters. The highest BCUT2D eigenvalue weighted by Crippen LogP contribution is 2.35. The van der Waals surface area contributed by atoms with Crippen LogP contribution < -0.4 is 5.73 Å². The fourth-order valence-corrected chi connectivity index (χ4v) is 3.93. The van der Waals surface area contributed by atoms with Gasteiger partial charge >= 0.3 is 0 Å². The van der Waals surface area contributed by atoms with E-state index in [9.17, 15) is 0 Å². The van der Waals surface area contributed by atoms with Crippen molar-refractivity contribution < 1.29 is 0 Å². The number of anilines is 1. The van der Waals surface area contributed by atoms with Crippen molar-refractivity contribution in [2.75, 3.05) is 5.73 Å². The molecule has 2 unspecified atom stereocenters.